The van der Waals surface area contributed by atoms with Crippen LogP contribution in [-0.2, 0) is 19.1 Å². The van der Waals surface area contributed by atoms with Crippen LogP contribution in [0.15, 0.2) is 11.6 Å². The van der Waals surface area contributed by atoms with Crippen LogP contribution in [0.4, 0.5) is 0 Å². The van der Waals surface area contributed by atoms with E-state index in [1.807, 2.05) is 0 Å². The molecule has 1 heterocycles. The maximum atomic E-state index is 13.3. The fraction of sp³-hybridized carbons (Fsp3) is 0.826. The van der Waals surface area contributed by atoms with E-state index < -0.39 is 70.2 Å². The standard InChI is InChI=1S/C23H36O9/c1-11-8-20(4,5)23(30,9-14(11)26)19(32-13(3)25)17-21(6,18(28)12(2)24)15(27)7-16-22(17,29)10-31-16/h8,12,14-17,19,24,26-27,29-30H,7,9-10H2,1-6H3/t12-,14+,15+,16-,17?,19?,21-,22+,23-/m1/s1. The van der Waals surface area contributed by atoms with Crippen molar-refractivity contribution in [2.24, 2.45) is 16.7 Å². The second-order valence-corrected chi connectivity index (χ2v) is 10.6. The van der Waals surface area contributed by atoms with Gasteiger partial charge in [-0.2, -0.15) is 0 Å². The van der Waals surface area contributed by atoms with E-state index in [9.17, 15) is 35.1 Å². The number of esters is 1. The SMILES string of the molecule is CC(=O)OC(C1[C@]2(O)CO[C@@H]2C[C@H](O)[C@@]1(C)C(=O)[C@@H](C)O)[C@]1(O)C[C@H](O)C(C)=CC1(C)C. The fourth-order valence-electron chi connectivity index (χ4n) is 6.06. The lowest BCUT2D eigenvalue weighted by Crippen LogP contribution is -2.79. The molecule has 2 aliphatic carbocycles. The summed E-state index contributed by atoms with van der Waals surface area (Å²) in [7, 11) is 0. The highest BCUT2D eigenvalue weighted by Gasteiger charge is 2.73. The molecule has 0 amide bonds. The van der Waals surface area contributed by atoms with Crippen molar-refractivity contribution < 1.29 is 44.6 Å². The van der Waals surface area contributed by atoms with Crippen molar-refractivity contribution in [3.05, 3.63) is 11.6 Å². The number of carbonyl (C=O) groups is 2. The third-order valence-electron chi connectivity index (χ3n) is 8.10. The lowest BCUT2D eigenvalue weighted by molar-refractivity contribution is -0.342. The van der Waals surface area contributed by atoms with Crippen LogP contribution < -0.4 is 0 Å². The number of aliphatic hydroxyl groups excluding tert-OH is 3. The summed E-state index contributed by atoms with van der Waals surface area (Å²) in [5.74, 6) is -2.81. The molecule has 1 saturated heterocycles. The summed E-state index contributed by atoms with van der Waals surface area (Å²) in [6, 6.07) is 0. The third-order valence-corrected chi connectivity index (χ3v) is 8.10. The monoisotopic (exact) mass is 456 g/mol. The third kappa shape index (κ3) is 3.45. The van der Waals surface area contributed by atoms with E-state index >= 15 is 0 Å². The molecule has 9 atom stereocenters. The van der Waals surface area contributed by atoms with Crippen LogP contribution in [0.2, 0.25) is 0 Å². The minimum absolute atomic E-state index is 0.0573. The molecule has 1 saturated carbocycles. The first-order chi connectivity index (χ1) is 14.5. The first kappa shape index (κ1) is 25.3. The zero-order valence-electron chi connectivity index (χ0n) is 19.5. The van der Waals surface area contributed by atoms with Crippen molar-refractivity contribution >= 4 is 11.8 Å². The van der Waals surface area contributed by atoms with Gasteiger partial charge in [0.1, 0.15) is 23.4 Å². The topological polar surface area (TPSA) is 154 Å². The summed E-state index contributed by atoms with van der Waals surface area (Å²) in [5, 5.41) is 55.5. The van der Waals surface area contributed by atoms with Gasteiger partial charge in [0, 0.05) is 31.1 Å². The number of rotatable bonds is 5. The molecule has 182 valence electrons. The molecule has 3 rings (SSSR count). The van der Waals surface area contributed by atoms with Crippen molar-refractivity contribution in [2.45, 2.75) is 96.1 Å². The molecule has 0 bridgehead atoms. The lowest BCUT2D eigenvalue weighted by Gasteiger charge is -2.64. The minimum Gasteiger partial charge on any atom is -0.459 e. The molecule has 2 fully saturated rings. The van der Waals surface area contributed by atoms with Gasteiger partial charge in [-0.25, -0.2) is 0 Å². The summed E-state index contributed by atoms with van der Waals surface area (Å²) in [4.78, 5) is 25.5. The smallest absolute Gasteiger partial charge is 0.303 e. The van der Waals surface area contributed by atoms with E-state index in [0.717, 1.165) is 6.92 Å². The molecule has 0 aromatic rings. The van der Waals surface area contributed by atoms with Crippen LogP contribution in [0.3, 0.4) is 0 Å². The van der Waals surface area contributed by atoms with Crippen molar-refractivity contribution in [2.75, 3.05) is 6.61 Å². The summed E-state index contributed by atoms with van der Waals surface area (Å²) >= 11 is 0. The van der Waals surface area contributed by atoms with E-state index in [0.29, 0.717) is 5.57 Å². The molecule has 9 heteroatoms. The predicted molar refractivity (Wildman–Crippen MR) is 112 cm³/mol. The highest BCUT2D eigenvalue weighted by Crippen LogP contribution is 2.59. The number of ketones is 1. The number of hydrogen-bond donors (Lipinski definition) is 5. The minimum atomic E-state index is -1.91. The number of ether oxygens (including phenoxy) is 2. The van der Waals surface area contributed by atoms with E-state index in [1.165, 1.54) is 13.8 Å². The maximum Gasteiger partial charge on any atom is 0.303 e. The first-order valence-electron chi connectivity index (χ1n) is 11.0. The van der Waals surface area contributed by atoms with Crippen LogP contribution in [-0.4, -0.2) is 85.6 Å². The highest BCUT2D eigenvalue weighted by molar-refractivity contribution is 5.89. The number of Topliss-reactive ketones (excluding diaryl/α,β-unsaturated/α-hetero) is 1. The Bertz CT molecular complexity index is 820. The van der Waals surface area contributed by atoms with Crippen molar-refractivity contribution in [3.63, 3.8) is 0 Å². The Morgan fingerprint density at radius 3 is 2.28 bits per heavy atom. The van der Waals surface area contributed by atoms with Crippen LogP contribution >= 0.6 is 0 Å². The molecule has 1 aliphatic heterocycles. The summed E-state index contributed by atoms with van der Waals surface area (Å²) in [6.07, 6.45) is -4.77. The Kier molecular flexibility index (Phi) is 6.20. The van der Waals surface area contributed by atoms with Gasteiger partial charge >= 0.3 is 5.97 Å². The molecule has 0 aromatic heterocycles. The van der Waals surface area contributed by atoms with Gasteiger partial charge in [0.2, 0.25) is 0 Å². The normalized spacial score (nSPS) is 45.0. The molecule has 32 heavy (non-hydrogen) atoms. The molecule has 0 spiro atoms. The largest absolute Gasteiger partial charge is 0.459 e. The van der Waals surface area contributed by atoms with Gasteiger partial charge in [0.15, 0.2) is 5.78 Å². The molecule has 5 N–H and O–H groups in total. The quantitative estimate of drug-likeness (QED) is 0.281. The van der Waals surface area contributed by atoms with Gasteiger partial charge in [-0.1, -0.05) is 19.9 Å². The van der Waals surface area contributed by atoms with Gasteiger partial charge in [-0.3, -0.25) is 9.59 Å². The average Bonchev–Trinajstić information content (AvgIpc) is 2.66. The molecular formula is C23H36O9. The second kappa shape index (κ2) is 7.85. The molecule has 3 aliphatic rings. The van der Waals surface area contributed by atoms with Crippen LogP contribution in [0.25, 0.3) is 0 Å². The van der Waals surface area contributed by atoms with Crippen molar-refractivity contribution in [3.8, 4) is 0 Å². The van der Waals surface area contributed by atoms with Crippen molar-refractivity contribution in [1.82, 2.24) is 0 Å². The van der Waals surface area contributed by atoms with E-state index in [1.54, 1.807) is 26.8 Å². The van der Waals surface area contributed by atoms with Gasteiger partial charge < -0.3 is 35.0 Å². The second-order valence-electron chi connectivity index (χ2n) is 10.6. The summed E-state index contributed by atoms with van der Waals surface area (Å²) in [5.41, 5.74) is -5.78. The molecule has 2 unspecified atom stereocenters. The number of fused-ring (bicyclic) bond motifs is 1. The summed E-state index contributed by atoms with van der Waals surface area (Å²) < 4.78 is 11.1. The zero-order valence-corrected chi connectivity index (χ0v) is 19.5. The van der Waals surface area contributed by atoms with E-state index in [-0.39, 0.29) is 19.4 Å². The molecule has 0 aromatic carbocycles. The summed E-state index contributed by atoms with van der Waals surface area (Å²) in [6.45, 7) is 8.79. The Morgan fingerprint density at radius 1 is 1.22 bits per heavy atom. The van der Waals surface area contributed by atoms with E-state index in [2.05, 4.69) is 0 Å². The van der Waals surface area contributed by atoms with Gasteiger partial charge in [-0.15, -0.1) is 0 Å². The Labute approximate surface area is 188 Å². The van der Waals surface area contributed by atoms with Crippen molar-refractivity contribution in [1.29, 1.82) is 0 Å². The van der Waals surface area contributed by atoms with Gasteiger partial charge in [-0.05, 0) is 26.3 Å². The van der Waals surface area contributed by atoms with Gasteiger partial charge in [0.05, 0.1) is 30.3 Å². The van der Waals surface area contributed by atoms with Crippen LogP contribution in [0, 0.1) is 16.7 Å². The van der Waals surface area contributed by atoms with E-state index in [4.69, 9.17) is 9.47 Å². The number of aliphatic hydroxyl groups is 5. The highest BCUT2D eigenvalue weighted by atomic mass is 16.6. The van der Waals surface area contributed by atoms with Crippen LogP contribution in [0.1, 0.15) is 54.4 Å². The first-order valence-corrected chi connectivity index (χ1v) is 11.0. The fourth-order valence-corrected chi connectivity index (χ4v) is 6.06. The number of carbonyl (C=O) groups excluding carboxylic acids is 2. The zero-order chi connectivity index (χ0) is 24.4. The predicted octanol–water partition coefficient (Wildman–Crippen LogP) is -0.147. The lowest BCUT2D eigenvalue weighted by atomic mass is 9.48. The Morgan fingerprint density at radius 2 is 1.81 bits per heavy atom. The number of hydrogen-bond acceptors (Lipinski definition) is 9. The maximum absolute atomic E-state index is 13.3. The molecular weight excluding hydrogens is 420 g/mol. The Balaban J connectivity index is 2.26. The Hall–Kier alpha value is -1.36. The molecule has 0 radical (unpaired) electrons. The molecule has 9 nitrogen and oxygen atoms in total. The van der Waals surface area contributed by atoms with Crippen LogP contribution in [0.5, 0.6) is 0 Å². The van der Waals surface area contributed by atoms with Gasteiger partial charge in [0.25, 0.3) is 0 Å². The average molecular weight is 457 g/mol.